The zero-order valence-electron chi connectivity index (χ0n) is 11.8. The van der Waals surface area contributed by atoms with Gasteiger partial charge in [-0.05, 0) is 30.7 Å². The van der Waals surface area contributed by atoms with Gasteiger partial charge in [0.1, 0.15) is 0 Å². The number of amides is 1. The van der Waals surface area contributed by atoms with E-state index in [1.807, 2.05) is 25.1 Å². The minimum absolute atomic E-state index is 0.0293. The molecular weight excluding hydrogens is 252 g/mol. The summed E-state index contributed by atoms with van der Waals surface area (Å²) < 4.78 is 0. The molecule has 0 aromatic heterocycles. The summed E-state index contributed by atoms with van der Waals surface area (Å²) in [6.45, 7) is 2.35. The standard InChI is InChI=1S/C16H18N2O2/c1-13-10-14(6-3-4-9-19)12-15(11-13)16(20)18(2)8-5-7-17/h10-12,19H,4-5,8-9H2,1-2H3. The van der Waals surface area contributed by atoms with Crippen molar-refractivity contribution in [3.05, 3.63) is 34.9 Å². The van der Waals surface area contributed by atoms with Crippen LogP contribution in [0.25, 0.3) is 0 Å². The summed E-state index contributed by atoms with van der Waals surface area (Å²) in [5, 5.41) is 17.3. The molecule has 0 saturated carbocycles. The van der Waals surface area contributed by atoms with Crippen molar-refractivity contribution in [1.82, 2.24) is 4.90 Å². The predicted octanol–water partition coefficient (Wildman–Crippen LogP) is 1.71. The van der Waals surface area contributed by atoms with E-state index in [4.69, 9.17) is 10.4 Å². The van der Waals surface area contributed by atoms with Crippen LogP contribution in [0.1, 0.15) is 34.3 Å². The Morgan fingerprint density at radius 2 is 2.10 bits per heavy atom. The van der Waals surface area contributed by atoms with E-state index in [0.29, 0.717) is 24.9 Å². The van der Waals surface area contributed by atoms with Crippen LogP contribution < -0.4 is 0 Å². The van der Waals surface area contributed by atoms with E-state index < -0.39 is 0 Å². The van der Waals surface area contributed by atoms with Crippen LogP contribution in [0.5, 0.6) is 0 Å². The summed E-state index contributed by atoms with van der Waals surface area (Å²) >= 11 is 0. The van der Waals surface area contributed by atoms with Crippen molar-refractivity contribution >= 4 is 5.91 Å². The van der Waals surface area contributed by atoms with E-state index in [0.717, 1.165) is 11.1 Å². The van der Waals surface area contributed by atoms with Gasteiger partial charge in [0.05, 0.1) is 19.1 Å². The van der Waals surface area contributed by atoms with Crippen molar-refractivity contribution in [2.45, 2.75) is 19.8 Å². The van der Waals surface area contributed by atoms with Gasteiger partial charge in [-0.25, -0.2) is 0 Å². The molecule has 0 atom stereocenters. The lowest BCUT2D eigenvalue weighted by Crippen LogP contribution is -2.27. The fraction of sp³-hybridized carbons (Fsp3) is 0.375. The van der Waals surface area contributed by atoms with Crippen LogP contribution >= 0.6 is 0 Å². The highest BCUT2D eigenvalue weighted by Crippen LogP contribution is 2.11. The van der Waals surface area contributed by atoms with Crippen molar-refractivity contribution in [1.29, 1.82) is 5.26 Å². The van der Waals surface area contributed by atoms with Crippen LogP contribution in [-0.2, 0) is 0 Å². The maximum Gasteiger partial charge on any atom is 0.253 e. The number of hydrogen-bond donors (Lipinski definition) is 1. The zero-order valence-corrected chi connectivity index (χ0v) is 11.8. The molecule has 0 heterocycles. The second-order valence-corrected chi connectivity index (χ2v) is 4.50. The van der Waals surface area contributed by atoms with E-state index in [-0.39, 0.29) is 12.5 Å². The second kappa shape index (κ2) is 7.99. The third-order valence-corrected chi connectivity index (χ3v) is 2.70. The minimum atomic E-state index is -0.117. The maximum atomic E-state index is 12.2. The monoisotopic (exact) mass is 270 g/mol. The van der Waals surface area contributed by atoms with Crippen molar-refractivity contribution in [2.75, 3.05) is 20.2 Å². The van der Waals surface area contributed by atoms with Gasteiger partial charge in [-0.15, -0.1) is 0 Å². The van der Waals surface area contributed by atoms with E-state index >= 15 is 0 Å². The van der Waals surface area contributed by atoms with Crippen LogP contribution in [0.4, 0.5) is 0 Å². The molecule has 0 aliphatic heterocycles. The van der Waals surface area contributed by atoms with E-state index in [1.165, 1.54) is 4.90 Å². The molecule has 0 unspecified atom stereocenters. The number of carbonyl (C=O) groups excluding carboxylic acids is 1. The van der Waals surface area contributed by atoms with Crippen LogP contribution in [-0.4, -0.2) is 36.1 Å². The number of benzene rings is 1. The number of aliphatic hydroxyl groups is 1. The number of nitriles is 1. The fourth-order valence-corrected chi connectivity index (χ4v) is 1.74. The molecule has 0 radical (unpaired) electrons. The van der Waals surface area contributed by atoms with Crippen LogP contribution in [0, 0.1) is 30.1 Å². The van der Waals surface area contributed by atoms with Crippen LogP contribution in [0.2, 0.25) is 0 Å². The maximum absolute atomic E-state index is 12.2. The lowest BCUT2D eigenvalue weighted by atomic mass is 10.1. The van der Waals surface area contributed by atoms with Crippen molar-refractivity contribution in [2.24, 2.45) is 0 Å². The molecule has 0 aliphatic rings. The summed E-state index contributed by atoms with van der Waals surface area (Å²) in [5.74, 6) is 5.65. The average molecular weight is 270 g/mol. The molecule has 104 valence electrons. The first-order chi connectivity index (χ1) is 9.58. The first-order valence-corrected chi connectivity index (χ1v) is 6.42. The number of nitrogens with zero attached hydrogens (tertiary/aromatic N) is 2. The largest absolute Gasteiger partial charge is 0.395 e. The lowest BCUT2D eigenvalue weighted by molar-refractivity contribution is 0.0798. The molecule has 20 heavy (non-hydrogen) atoms. The molecule has 0 fully saturated rings. The molecule has 1 aromatic rings. The molecular formula is C16H18N2O2. The highest BCUT2D eigenvalue weighted by molar-refractivity contribution is 5.94. The summed E-state index contributed by atoms with van der Waals surface area (Å²) in [5.41, 5.74) is 2.28. The number of aryl methyl sites for hydroxylation is 1. The van der Waals surface area contributed by atoms with Crippen LogP contribution in [0.15, 0.2) is 18.2 Å². The Hall–Kier alpha value is -2.30. The molecule has 0 saturated heterocycles. The van der Waals surface area contributed by atoms with Gasteiger partial charge in [0.15, 0.2) is 0 Å². The summed E-state index contributed by atoms with van der Waals surface area (Å²) in [7, 11) is 1.68. The van der Waals surface area contributed by atoms with E-state index in [9.17, 15) is 4.79 Å². The lowest BCUT2D eigenvalue weighted by Gasteiger charge is -2.16. The van der Waals surface area contributed by atoms with Crippen molar-refractivity contribution < 1.29 is 9.90 Å². The topological polar surface area (TPSA) is 64.3 Å². The van der Waals surface area contributed by atoms with Crippen molar-refractivity contribution in [3.63, 3.8) is 0 Å². The third kappa shape index (κ3) is 4.76. The highest BCUT2D eigenvalue weighted by atomic mass is 16.2. The van der Waals surface area contributed by atoms with Gasteiger partial charge >= 0.3 is 0 Å². The summed E-state index contributed by atoms with van der Waals surface area (Å²) in [4.78, 5) is 13.7. The quantitative estimate of drug-likeness (QED) is 0.847. The van der Waals surface area contributed by atoms with Crippen LogP contribution in [0.3, 0.4) is 0 Å². The average Bonchev–Trinajstić information content (AvgIpc) is 2.43. The zero-order chi connectivity index (χ0) is 15.0. The third-order valence-electron chi connectivity index (χ3n) is 2.70. The van der Waals surface area contributed by atoms with Gasteiger partial charge in [-0.2, -0.15) is 5.26 Å². The Morgan fingerprint density at radius 1 is 1.35 bits per heavy atom. The fourth-order valence-electron chi connectivity index (χ4n) is 1.74. The van der Waals surface area contributed by atoms with E-state index in [1.54, 1.807) is 13.1 Å². The molecule has 0 aliphatic carbocycles. The number of hydrogen-bond acceptors (Lipinski definition) is 3. The Balaban J connectivity index is 2.93. The van der Waals surface area contributed by atoms with Gasteiger partial charge in [0, 0.05) is 31.1 Å². The number of aliphatic hydroxyl groups excluding tert-OH is 1. The molecule has 0 spiro atoms. The van der Waals surface area contributed by atoms with Gasteiger partial charge in [0.25, 0.3) is 5.91 Å². The summed E-state index contributed by atoms with van der Waals surface area (Å²) in [6.07, 6.45) is 0.733. The number of rotatable bonds is 4. The molecule has 4 heteroatoms. The molecule has 1 N–H and O–H groups in total. The Labute approximate surface area is 119 Å². The molecule has 1 aromatic carbocycles. The smallest absolute Gasteiger partial charge is 0.253 e. The van der Waals surface area contributed by atoms with Gasteiger partial charge < -0.3 is 10.0 Å². The Morgan fingerprint density at radius 3 is 2.75 bits per heavy atom. The van der Waals surface area contributed by atoms with Gasteiger partial charge in [-0.3, -0.25) is 4.79 Å². The second-order valence-electron chi connectivity index (χ2n) is 4.50. The van der Waals surface area contributed by atoms with Crippen molar-refractivity contribution in [3.8, 4) is 17.9 Å². The minimum Gasteiger partial charge on any atom is -0.395 e. The highest BCUT2D eigenvalue weighted by Gasteiger charge is 2.12. The molecule has 1 rings (SSSR count). The molecule has 4 nitrogen and oxygen atoms in total. The molecule has 1 amide bonds. The van der Waals surface area contributed by atoms with Gasteiger partial charge in [-0.1, -0.05) is 11.8 Å². The van der Waals surface area contributed by atoms with Gasteiger partial charge in [0.2, 0.25) is 0 Å². The molecule has 0 bridgehead atoms. The normalized spacial score (nSPS) is 9.30. The first-order valence-electron chi connectivity index (χ1n) is 6.42. The Kier molecular flexibility index (Phi) is 6.29. The first kappa shape index (κ1) is 15.8. The predicted molar refractivity (Wildman–Crippen MR) is 77.0 cm³/mol. The summed E-state index contributed by atoms with van der Waals surface area (Å²) in [6, 6.07) is 7.47. The Bertz CT molecular complexity index is 576. The number of carbonyl (C=O) groups is 1. The SMILES string of the molecule is Cc1cc(C#CCCO)cc(C(=O)N(C)CCC#N)c1. The van der Waals surface area contributed by atoms with E-state index in [2.05, 4.69) is 11.8 Å².